The van der Waals surface area contributed by atoms with Gasteiger partial charge in [0.25, 0.3) is 0 Å². The highest BCUT2D eigenvalue weighted by Gasteiger charge is 2.51. The summed E-state index contributed by atoms with van der Waals surface area (Å²) < 4.78 is 0. The predicted molar refractivity (Wildman–Crippen MR) is 69.8 cm³/mol. The van der Waals surface area contributed by atoms with E-state index < -0.39 is 18.1 Å². The van der Waals surface area contributed by atoms with Crippen LogP contribution in [0.15, 0.2) is 0 Å². The number of carbonyl (C=O) groups excluding carboxylic acids is 2. The summed E-state index contributed by atoms with van der Waals surface area (Å²) in [6, 6.07) is -1.14. The van der Waals surface area contributed by atoms with Crippen molar-refractivity contribution in [1.29, 1.82) is 0 Å². The molecular weight excluding hydrogens is 260 g/mol. The second-order valence-corrected chi connectivity index (χ2v) is 6.19. The number of hydrogen-bond acceptors (Lipinski definition) is 4. The SMILES string of the molecule is CC1CCCN(C2CC(=O)N(C3CC3)C2=O)C1C(=O)O. The molecule has 1 saturated carbocycles. The van der Waals surface area contributed by atoms with Crippen molar-refractivity contribution in [2.45, 2.75) is 57.2 Å². The zero-order valence-corrected chi connectivity index (χ0v) is 11.6. The maximum Gasteiger partial charge on any atom is 0.321 e. The molecule has 110 valence electrons. The number of hydrogen-bond donors (Lipinski definition) is 1. The Bertz CT molecular complexity index is 460. The van der Waals surface area contributed by atoms with Crippen LogP contribution in [0.1, 0.15) is 39.0 Å². The van der Waals surface area contributed by atoms with E-state index in [1.807, 2.05) is 6.92 Å². The Morgan fingerprint density at radius 1 is 1.25 bits per heavy atom. The summed E-state index contributed by atoms with van der Waals surface area (Å²) in [6.45, 7) is 2.49. The molecule has 0 aromatic heterocycles. The van der Waals surface area contributed by atoms with E-state index in [9.17, 15) is 19.5 Å². The van der Waals surface area contributed by atoms with Gasteiger partial charge in [0.15, 0.2) is 0 Å². The molecule has 6 heteroatoms. The molecule has 3 atom stereocenters. The normalized spacial score (nSPS) is 35.6. The molecule has 0 bridgehead atoms. The van der Waals surface area contributed by atoms with Gasteiger partial charge in [-0.15, -0.1) is 0 Å². The highest BCUT2D eigenvalue weighted by atomic mass is 16.4. The lowest BCUT2D eigenvalue weighted by Gasteiger charge is -2.39. The number of carboxylic acids is 1. The van der Waals surface area contributed by atoms with Crippen molar-refractivity contribution in [2.24, 2.45) is 5.92 Å². The topological polar surface area (TPSA) is 77.9 Å². The Balaban J connectivity index is 1.82. The van der Waals surface area contributed by atoms with Gasteiger partial charge >= 0.3 is 5.97 Å². The first kappa shape index (κ1) is 13.5. The van der Waals surface area contributed by atoms with Crippen molar-refractivity contribution in [1.82, 2.24) is 9.80 Å². The number of rotatable bonds is 3. The maximum atomic E-state index is 12.4. The van der Waals surface area contributed by atoms with Gasteiger partial charge in [-0.25, -0.2) is 0 Å². The van der Waals surface area contributed by atoms with Gasteiger partial charge in [-0.3, -0.25) is 24.2 Å². The van der Waals surface area contributed by atoms with Crippen molar-refractivity contribution in [3.05, 3.63) is 0 Å². The molecule has 2 amide bonds. The van der Waals surface area contributed by atoms with Crippen LogP contribution in [0.4, 0.5) is 0 Å². The first-order chi connectivity index (χ1) is 9.50. The van der Waals surface area contributed by atoms with Gasteiger partial charge < -0.3 is 5.11 Å². The first-order valence-corrected chi connectivity index (χ1v) is 7.35. The van der Waals surface area contributed by atoms with Crippen LogP contribution in [-0.2, 0) is 14.4 Å². The van der Waals surface area contributed by atoms with Gasteiger partial charge in [0.1, 0.15) is 6.04 Å². The van der Waals surface area contributed by atoms with E-state index in [2.05, 4.69) is 0 Å². The third kappa shape index (κ3) is 2.12. The van der Waals surface area contributed by atoms with Crippen LogP contribution in [0, 0.1) is 5.92 Å². The minimum Gasteiger partial charge on any atom is -0.480 e. The molecule has 1 aliphatic carbocycles. The fourth-order valence-electron chi connectivity index (χ4n) is 3.56. The van der Waals surface area contributed by atoms with Crippen LogP contribution in [0.2, 0.25) is 0 Å². The van der Waals surface area contributed by atoms with Crippen molar-refractivity contribution in [2.75, 3.05) is 6.54 Å². The molecule has 0 spiro atoms. The van der Waals surface area contributed by atoms with Crippen LogP contribution < -0.4 is 0 Å². The number of amides is 2. The van der Waals surface area contributed by atoms with Gasteiger partial charge in [-0.2, -0.15) is 0 Å². The van der Waals surface area contributed by atoms with Crippen molar-refractivity contribution in [3.8, 4) is 0 Å². The highest BCUT2D eigenvalue weighted by Crippen LogP contribution is 2.35. The summed E-state index contributed by atoms with van der Waals surface area (Å²) in [5.74, 6) is -1.19. The smallest absolute Gasteiger partial charge is 0.321 e. The largest absolute Gasteiger partial charge is 0.480 e. The summed E-state index contributed by atoms with van der Waals surface area (Å²) in [4.78, 5) is 39.1. The Kier molecular flexibility index (Phi) is 3.28. The molecular formula is C14H20N2O4. The maximum absolute atomic E-state index is 12.4. The summed E-state index contributed by atoms with van der Waals surface area (Å²) >= 11 is 0. The molecule has 2 saturated heterocycles. The zero-order valence-electron chi connectivity index (χ0n) is 11.6. The second kappa shape index (κ2) is 4.84. The molecule has 3 aliphatic rings. The summed E-state index contributed by atoms with van der Waals surface area (Å²) in [7, 11) is 0. The van der Waals surface area contributed by atoms with E-state index in [0.29, 0.717) is 6.54 Å². The van der Waals surface area contributed by atoms with E-state index in [4.69, 9.17) is 0 Å². The van der Waals surface area contributed by atoms with Gasteiger partial charge in [0, 0.05) is 6.04 Å². The lowest BCUT2D eigenvalue weighted by Crippen LogP contribution is -2.55. The number of nitrogens with zero attached hydrogens (tertiary/aromatic N) is 2. The predicted octanol–water partition coefficient (Wildman–Crippen LogP) is 0.461. The lowest BCUT2D eigenvalue weighted by atomic mass is 9.89. The Labute approximate surface area is 117 Å². The summed E-state index contributed by atoms with van der Waals surface area (Å²) in [5, 5.41) is 9.43. The number of piperidine rings is 1. The molecule has 6 nitrogen and oxygen atoms in total. The average Bonchev–Trinajstić information content (AvgIpc) is 3.15. The van der Waals surface area contributed by atoms with E-state index in [1.54, 1.807) is 4.90 Å². The molecule has 3 rings (SSSR count). The molecule has 0 aromatic carbocycles. The molecule has 2 heterocycles. The number of carbonyl (C=O) groups is 3. The monoisotopic (exact) mass is 280 g/mol. The average molecular weight is 280 g/mol. The Morgan fingerprint density at radius 2 is 1.95 bits per heavy atom. The molecule has 20 heavy (non-hydrogen) atoms. The molecule has 2 aliphatic heterocycles. The minimum atomic E-state index is -0.887. The van der Waals surface area contributed by atoms with Crippen molar-refractivity contribution >= 4 is 17.8 Å². The van der Waals surface area contributed by atoms with Crippen LogP contribution in [-0.4, -0.2) is 57.4 Å². The first-order valence-electron chi connectivity index (χ1n) is 7.35. The molecule has 3 fully saturated rings. The second-order valence-electron chi connectivity index (χ2n) is 6.19. The minimum absolute atomic E-state index is 0.0131. The van der Waals surface area contributed by atoms with Crippen molar-refractivity contribution < 1.29 is 19.5 Å². The Morgan fingerprint density at radius 3 is 2.55 bits per heavy atom. The molecule has 0 radical (unpaired) electrons. The zero-order chi connectivity index (χ0) is 14.4. The van der Waals surface area contributed by atoms with Crippen LogP contribution >= 0.6 is 0 Å². The third-order valence-corrected chi connectivity index (χ3v) is 4.70. The number of likely N-dealkylation sites (tertiary alicyclic amines) is 2. The van der Waals surface area contributed by atoms with Crippen molar-refractivity contribution in [3.63, 3.8) is 0 Å². The summed E-state index contributed by atoms with van der Waals surface area (Å²) in [6.07, 6.45) is 3.67. The van der Waals surface area contributed by atoms with Crippen LogP contribution in [0.3, 0.4) is 0 Å². The molecule has 0 aromatic rings. The van der Waals surface area contributed by atoms with E-state index >= 15 is 0 Å². The Hall–Kier alpha value is -1.43. The molecule has 3 unspecified atom stereocenters. The standard InChI is InChI=1S/C14H20N2O4/c1-8-3-2-6-15(12(8)14(19)20)10-7-11(17)16(13(10)18)9-4-5-9/h8-10,12H,2-7H2,1H3,(H,19,20). The van der Waals surface area contributed by atoms with Gasteiger partial charge in [0.2, 0.25) is 11.8 Å². The third-order valence-electron chi connectivity index (χ3n) is 4.70. The quantitative estimate of drug-likeness (QED) is 0.760. The number of carboxylic acid groups (broad SMARTS) is 1. The fraction of sp³-hybridized carbons (Fsp3) is 0.786. The summed E-state index contributed by atoms with van der Waals surface area (Å²) in [5.41, 5.74) is 0. The highest BCUT2D eigenvalue weighted by molar-refractivity contribution is 6.06. The van der Waals surface area contributed by atoms with Crippen LogP contribution in [0.25, 0.3) is 0 Å². The fourth-order valence-corrected chi connectivity index (χ4v) is 3.56. The van der Waals surface area contributed by atoms with Gasteiger partial charge in [-0.1, -0.05) is 6.92 Å². The molecule has 1 N–H and O–H groups in total. The van der Waals surface area contributed by atoms with E-state index in [1.165, 1.54) is 4.90 Å². The lowest BCUT2D eigenvalue weighted by molar-refractivity contribution is -0.150. The van der Waals surface area contributed by atoms with Gasteiger partial charge in [0.05, 0.1) is 12.5 Å². The van der Waals surface area contributed by atoms with Gasteiger partial charge in [-0.05, 0) is 38.1 Å². The van der Waals surface area contributed by atoms with Crippen LogP contribution in [0.5, 0.6) is 0 Å². The van der Waals surface area contributed by atoms with E-state index in [-0.39, 0.29) is 30.2 Å². The van der Waals surface area contributed by atoms with E-state index in [0.717, 1.165) is 25.7 Å². The number of imide groups is 1. The number of aliphatic carboxylic acids is 1.